The maximum absolute atomic E-state index is 6.55. The first-order valence-electron chi connectivity index (χ1n) is 11.8. The third kappa shape index (κ3) is 6.61. The summed E-state index contributed by atoms with van der Waals surface area (Å²) in [5.74, 6) is 2.75. The molecule has 0 aliphatic rings. The predicted molar refractivity (Wildman–Crippen MR) is 143 cm³/mol. The number of benzene rings is 2. The molecule has 0 fully saturated rings. The highest BCUT2D eigenvalue weighted by Crippen LogP contribution is 2.30. The van der Waals surface area contributed by atoms with Crippen molar-refractivity contribution in [2.24, 2.45) is 0 Å². The second-order valence-electron chi connectivity index (χ2n) is 8.23. The average molecular weight is 483 g/mol. The van der Waals surface area contributed by atoms with E-state index in [2.05, 4.69) is 31.0 Å². The van der Waals surface area contributed by atoms with Crippen molar-refractivity contribution < 1.29 is 9.47 Å². The van der Waals surface area contributed by atoms with Gasteiger partial charge in [-0.05, 0) is 75.3 Å². The van der Waals surface area contributed by atoms with E-state index in [1.807, 2.05) is 48.6 Å². The summed E-state index contributed by atoms with van der Waals surface area (Å²) in [6.07, 6.45) is 6.03. The van der Waals surface area contributed by atoms with Crippen LogP contribution in [-0.2, 0) is 0 Å². The van der Waals surface area contributed by atoms with E-state index in [9.17, 15) is 0 Å². The molecule has 0 bridgehead atoms. The summed E-state index contributed by atoms with van der Waals surface area (Å²) in [6.45, 7) is 9.87. The number of rotatable bonds is 12. The molecule has 1 heterocycles. The summed E-state index contributed by atoms with van der Waals surface area (Å²) in [6, 6.07) is 11.8. The molecule has 0 spiro atoms. The quantitative estimate of drug-likeness (QED) is 0.322. The first-order chi connectivity index (χ1) is 16.5. The fourth-order valence-electron chi connectivity index (χ4n) is 3.93. The van der Waals surface area contributed by atoms with Crippen molar-refractivity contribution in [3.63, 3.8) is 0 Å². The predicted octanol–water partition coefficient (Wildman–Crippen LogP) is 6.39. The Balaban J connectivity index is 1.83. The molecule has 3 aromatic rings. The van der Waals surface area contributed by atoms with Crippen molar-refractivity contribution in [3.05, 3.63) is 52.8 Å². The highest BCUT2D eigenvalue weighted by Gasteiger charge is 2.13. The van der Waals surface area contributed by atoms with Crippen LogP contribution in [0.15, 0.2) is 36.4 Å². The molecule has 0 saturated carbocycles. The van der Waals surface area contributed by atoms with E-state index in [0.717, 1.165) is 54.8 Å². The minimum absolute atomic E-state index is 0.257. The highest BCUT2D eigenvalue weighted by molar-refractivity contribution is 6.36. The van der Waals surface area contributed by atoms with Gasteiger partial charge in [-0.25, -0.2) is 9.97 Å². The number of hydrogen-bond acceptors (Lipinski definition) is 6. The maximum Gasteiger partial charge on any atom is 0.161 e. The molecule has 3 rings (SSSR count). The van der Waals surface area contributed by atoms with Gasteiger partial charge in [-0.15, -0.1) is 0 Å². The second-order valence-corrected chi connectivity index (χ2v) is 8.63. The maximum atomic E-state index is 6.55. The zero-order chi connectivity index (χ0) is 24.5. The van der Waals surface area contributed by atoms with Gasteiger partial charge < -0.3 is 19.7 Å². The van der Waals surface area contributed by atoms with Gasteiger partial charge in [-0.2, -0.15) is 0 Å². The van der Waals surface area contributed by atoms with Gasteiger partial charge in [0.1, 0.15) is 5.82 Å². The van der Waals surface area contributed by atoms with Crippen LogP contribution in [0.4, 0.5) is 5.82 Å². The van der Waals surface area contributed by atoms with Crippen molar-refractivity contribution in [1.82, 2.24) is 14.9 Å². The van der Waals surface area contributed by atoms with Crippen molar-refractivity contribution in [2.45, 2.75) is 39.7 Å². The molecule has 1 aromatic heterocycles. The molecule has 1 atom stereocenters. The molecule has 0 aliphatic carbocycles. The van der Waals surface area contributed by atoms with Crippen molar-refractivity contribution in [3.8, 4) is 11.5 Å². The van der Waals surface area contributed by atoms with Crippen molar-refractivity contribution >= 4 is 40.5 Å². The minimum atomic E-state index is 0.257. The van der Waals surface area contributed by atoms with E-state index in [-0.39, 0.29) is 6.04 Å². The SMILES string of the molecule is CCN(CC)CCC[C@@H](C)Nc1nc(/C=C/c2ccc(OC)c(OC)c2)nc2cccc(Cl)c12. The Labute approximate surface area is 208 Å². The zero-order valence-electron chi connectivity index (χ0n) is 20.8. The Morgan fingerprint density at radius 3 is 2.50 bits per heavy atom. The van der Waals surface area contributed by atoms with Gasteiger partial charge in [0.05, 0.1) is 30.1 Å². The molecule has 0 saturated heterocycles. The number of halogens is 1. The molecule has 182 valence electrons. The molecule has 0 unspecified atom stereocenters. The van der Waals surface area contributed by atoms with E-state index in [1.54, 1.807) is 14.2 Å². The molecule has 0 aliphatic heterocycles. The Morgan fingerprint density at radius 2 is 1.79 bits per heavy atom. The molecule has 0 amide bonds. The number of nitrogens with one attached hydrogen (secondary N) is 1. The molecule has 0 radical (unpaired) electrons. The summed E-state index contributed by atoms with van der Waals surface area (Å²) < 4.78 is 10.7. The summed E-state index contributed by atoms with van der Waals surface area (Å²) in [5.41, 5.74) is 1.78. The Bertz CT molecular complexity index is 1120. The van der Waals surface area contributed by atoms with Crippen LogP contribution in [0, 0.1) is 0 Å². The van der Waals surface area contributed by atoms with Crippen molar-refractivity contribution in [2.75, 3.05) is 39.2 Å². The first-order valence-corrected chi connectivity index (χ1v) is 12.2. The minimum Gasteiger partial charge on any atom is -0.493 e. The fraction of sp³-hybridized carbons (Fsp3) is 0.407. The average Bonchev–Trinajstić information content (AvgIpc) is 2.85. The van der Waals surface area contributed by atoms with Crippen LogP contribution in [0.1, 0.15) is 45.0 Å². The van der Waals surface area contributed by atoms with Crippen LogP contribution in [0.2, 0.25) is 5.02 Å². The van der Waals surface area contributed by atoms with Crippen LogP contribution in [-0.4, -0.2) is 54.8 Å². The molecule has 2 aromatic carbocycles. The number of ether oxygens (including phenoxy) is 2. The van der Waals surface area contributed by atoms with Crippen LogP contribution in [0.5, 0.6) is 11.5 Å². The fourth-order valence-corrected chi connectivity index (χ4v) is 4.19. The molecule has 6 nitrogen and oxygen atoms in total. The number of aromatic nitrogens is 2. The van der Waals surface area contributed by atoms with Gasteiger partial charge in [-0.3, -0.25) is 0 Å². The van der Waals surface area contributed by atoms with Crippen LogP contribution in [0.25, 0.3) is 23.1 Å². The van der Waals surface area contributed by atoms with Gasteiger partial charge in [0, 0.05) is 6.04 Å². The summed E-state index contributed by atoms with van der Waals surface area (Å²) in [5, 5.41) is 5.08. The number of methoxy groups -OCH3 is 2. The Hall–Kier alpha value is -2.83. The van der Waals surface area contributed by atoms with Gasteiger partial charge >= 0.3 is 0 Å². The van der Waals surface area contributed by atoms with Crippen molar-refractivity contribution in [1.29, 1.82) is 0 Å². The van der Waals surface area contributed by atoms with Gasteiger partial charge in [0.2, 0.25) is 0 Å². The number of fused-ring (bicyclic) bond motifs is 1. The summed E-state index contributed by atoms with van der Waals surface area (Å²) in [7, 11) is 3.25. The lowest BCUT2D eigenvalue weighted by molar-refractivity contribution is 0.295. The zero-order valence-corrected chi connectivity index (χ0v) is 21.5. The Morgan fingerprint density at radius 1 is 1.03 bits per heavy atom. The van der Waals surface area contributed by atoms with E-state index in [1.165, 1.54) is 0 Å². The number of hydrogen-bond donors (Lipinski definition) is 1. The van der Waals surface area contributed by atoms with E-state index < -0.39 is 0 Å². The highest BCUT2D eigenvalue weighted by atomic mass is 35.5. The number of nitrogens with zero attached hydrogens (tertiary/aromatic N) is 3. The number of anilines is 1. The van der Waals surface area contributed by atoms with Gasteiger partial charge in [0.25, 0.3) is 0 Å². The summed E-state index contributed by atoms with van der Waals surface area (Å²) in [4.78, 5) is 12.0. The lowest BCUT2D eigenvalue weighted by atomic mass is 10.1. The normalized spacial score (nSPS) is 12.4. The largest absolute Gasteiger partial charge is 0.493 e. The lowest BCUT2D eigenvalue weighted by Crippen LogP contribution is -2.25. The smallest absolute Gasteiger partial charge is 0.161 e. The lowest BCUT2D eigenvalue weighted by Gasteiger charge is -2.20. The van der Waals surface area contributed by atoms with E-state index in [4.69, 9.17) is 31.0 Å². The molecule has 34 heavy (non-hydrogen) atoms. The van der Waals surface area contributed by atoms with Crippen LogP contribution >= 0.6 is 11.6 Å². The monoisotopic (exact) mass is 482 g/mol. The molecular formula is C27H35ClN4O2. The third-order valence-corrected chi connectivity index (χ3v) is 6.23. The molecule has 7 heteroatoms. The third-order valence-electron chi connectivity index (χ3n) is 5.91. The van der Waals surface area contributed by atoms with Crippen LogP contribution < -0.4 is 14.8 Å². The van der Waals surface area contributed by atoms with Crippen LogP contribution in [0.3, 0.4) is 0 Å². The van der Waals surface area contributed by atoms with Gasteiger partial charge in [-0.1, -0.05) is 43.7 Å². The second kappa shape index (κ2) is 12.6. The summed E-state index contributed by atoms with van der Waals surface area (Å²) >= 11 is 6.55. The molecule has 1 N–H and O–H groups in total. The molecular weight excluding hydrogens is 448 g/mol. The van der Waals surface area contributed by atoms with E-state index in [0.29, 0.717) is 22.3 Å². The topological polar surface area (TPSA) is 59.5 Å². The standard InChI is InChI=1S/C27H35ClN4O2/c1-6-32(7-2)17-9-10-19(3)29-27-26-21(28)11-8-12-22(26)30-25(31-27)16-14-20-13-15-23(33-4)24(18-20)34-5/h8,11-16,18-19H,6-7,9-10,17H2,1-5H3,(H,29,30,31)/b16-14+/t19-/m1/s1. The first kappa shape index (κ1) is 25.8. The van der Waals surface area contributed by atoms with E-state index >= 15 is 0 Å². The van der Waals surface area contributed by atoms with Gasteiger partial charge in [0.15, 0.2) is 17.3 Å². The Kier molecular flexibility index (Phi) is 9.54.